The van der Waals surface area contributed by atoms with E-state index in [-0.39, 0.29) is 11.8 Å². The molecule has 138 valence electrons. The molecule has 2 aromatic rings. The SMILES string of the molecule is CCCSc1nc2n(n1)C(c1ccccc1OCC)C(C(C)=O)=C(C)N2. The van der Waals surface area contributed by atoms with Gasteiger partial charge in [-0.15, -0.1) is 5.10 Å². The minimum atomic E-state index is -0.352. The highest BCUT2D eigenvalue weighted by atomic mass is 32.2. The lowest BCUT2D eigenvalue weighted by molar-refractivity contribution is -0.114. The third kappa shape index (κ3) is 3.49. The number of fused-ring (bicyclic) bond motifs is 1. The first-order chi connectivity index (χ1) is 12.6. The van der Waals surface area contributed by atoms with Gasteiger partial charge in [0.25, 0.3) is 0 Å². The molecule has 1 aliphatic heterocycles. The molecule has 3 rings (SSSR count). The summed E-state index contributed by atoms with van der Waals surface area (Å²) in [6, 6.07) is 7.45. The number of carbonyl (C=O) groups excluding carboxylic acids is 1. The summed E-state index contributed by atoms with van der Waals surface area (Å²) in [4.78, 5) is 17.0. The van der Waals surface area contributed by atoms with Crippen molar-refractivity contribution in [1.82, 2.24) is 14.8 Å². The molecule has 0 saturated heterocycles. The topological polar surface area (TPSA) is 69.0 Å². The lowest BCUT2D eigenvalue weighted by Gasteiger charge is -2.29. The quantitative estimate of drug-likeness (QED) is 0.739. The Morgan fingerprint density at radius 1 is 1.35 bits per heavy atom. The number of ketones is 1. The average molecular weight is 372 g/mol. The van der Waals surface area contributed by atoms with E-state index in [4.69, 9.17) is 4.74 Å². The van der Waals surface area contributed by atoms with Crippen LogP contribution >= 0.6 is 11.8 Å². The van der Waals surface area contributed by atoms with Gasteiger partial charge in [0.1, 0.15) is 11.8 Å². The zero-order chi connectivity index (χ0) is 18.7. The number of nitrogens with zero attached hydrogens (tertiary/aromatic N) is 3. The fraction of sp³-hybridized carbons (Fsp3) is 0.421. The largest absolute Gasteiger partial charge is 0.494 e. The predicted molar refractivity (Wildman–Crippen MR) is 104 cm³/mol. The second-order valence-corrected chi connectivity index (χ2v) is 7.17. The molecule has 1 aromatic carbocycles. The van der Waals surface area contributed by atoms with Crippen LogP contribution in [0, 0.1) is 0 Å². The third-order valence-corrected chi connectivity index (χ3v) is 5.20. The van der Waals surface area contributed by atoms with Crippen LogP contribution in [-0.2, 0) is 4.79 Å². The van der Waals surface area contributed by atoms with Crippen LogP contribution in [0.3, 0.4) is 0 Å². The van der Waals surface area contributed by atoms with Gasteiger partial charge in [-0.3, -0.25) is 4.79 Å². The van der Waals surface area contributed by atoms with Gasteiger partial charge in [-0.2, -0.15) is 4.98 Å². The smallest absolute Gasteiger partial charge is 0.227 e. The molecule has 1 aliphatic rings. The Morgan fingerprint density at radius 2 is 2.12 bits per heavy atom. The van der Waals surface area contributed by atoms with Crippen molar-refractivity contribution in [2.45, 2.75) is 45.3 Å². The molecule has 0 spiro atoms. The van der Waals surface area contributed by atoms with Crippen molar-refractivity contribution in [2.75, 3.05) is 17.7 Å². The van der Waals surface area contributed by atoms with E-state index in [0.29, 0.717) is 23.3 Å². The van der Waals surface area contributed by atoms with Crippen molar-refractivity contribution in [1.29, 1.82) is 0 Å². The Hall–Kier alpha value is -2.28. The number of para-hydroxylation sites is 1. The number of allylic oxidation sites excluding steroid dienone is 2. The van der Waals surface area contributed by atoms with E-state index in [0.717, 1.165) is 29.2 Å². The van der Waals surface area contributed by atoms with E-state index in [1.165, 1.54) is 0 Å². The van der Waals surface area contributed by atoms with E-state index >= 15 is 0 Å². The zero-order valence-electron chi connectivity index (χ0n) is 15.6. The van der Waals surface area contributed by atoms with Crippen LogP contribution in [0.5, 0.6) is 5.75 Å². The summed E-state index contributed by atoms with van der Waals surface area (Å²) in [7, 11) is 0. The monoisotopic (exact) mass is 372 g/mol. The molecule has 2 heterocycles. The van der Waals surface area contributed by atoms with Crippen molar-refractivity contribution < 1.29 is 9.53 Å². The number of thioether (sulfide) groups is 1. The van der Waals surface area contributed by atoms with Crippen LogP contribution in [0.2, 0.25) is 0 Å². The van der Waals surface area contributed by atoms with E-state index in [1.54, 1.807) is 23.4 Å². The Labute approximate surface area is 158 Å². The average Bonchev–Trinajstić information content (AvgIpc) is 3.01. The van der Waals surface area contributed by atoms with Gasteiger partial charge >= 0.3 is 0 Å². The minimum absolute atomic E-state index is 0.00946. The standard InChI is InChI=1S/C19H24N4O2S/c1-5-11-26-19-21-18-20-12(3)16(13(4)24)17(23(18)22-19)14-9-7-8-10-15(14)25-6-2/h7-10,17H,5-6,11H2,1-4H3,(H,20,21,22). The van der Waals surface area contributed by atoms with E-state index in [2.05, 4.69) is 22.3 Å². The molecular weight excluding hydrogens is 348 g/mol. The summed E-state index contributed by atoms with van der Waals surface area (Å²) in [5, 5.41) is 8.63. The fourth-order valence-electron chi connectivity index (χ4n) is 3.12. The second kappa shape index (κ2) is 7.95. The lowest BCUT2D eigenvalue weighted by atomic mass is 9.92. The number of aromatic nitrogens is 3. The molecule has 1 atom stereocenters. The zero-order valence-corrected chi connectivity index (χ0v) is 16.4. The molecule has 7 heteroatoms. The fourth-order valence-corrected chi connectivity index (χ4v) is 3.81. The molecule has 0 saturated carbocycles. The Balaban J connectivity index is 2.14. The maximum absolute atomic E-state index is 12.4. The van der Waals surface area contributed by atoms with Gasteiger partial charge in [-0.1, -0.05) is 36.9 Å². The third-order valence-electron chi connectivity index (χ3n) is 4.16. The molecule has 0 bridgehead atoms. The highest BCUT2D eigenvalue weighted by Gasteiger charge is 2.34. The van der Waals surface area contributed by atoms with Crippen molar-refractivity contribution >= 4 is 23.5 Å². The molecule has 1 unspecified atom stereocenters. The van der Waals surface area contributed by atoms with Crippen molar-refractivity contribution in [2.24, 2.45) is 0 Å². The van der Waals surface area contributed by atoms with Crippen LogP contribution in [-0.4, -0.2) is 32.9 Å². The number of hydrogen-bond donors (Lipinski definition) is 1. The van der Waals surface area contributed by atoms with Gasteiger partial charge in [0.15, 0.2) is 5.78 Å². The lowest BCUT2D eigenvalue weighted by Crippen LogP contribution is -2.28. The minimum Gasteiger partial charge on any atom is -0.494 e. The summed E-state index contributed by atoms with van der Waals surface area (Å²) in [5.41, 5.74) is 2.40. The highest BCUT2D eigenvalue weighted by Crippen LogP contribution is 2.39. The number of carbonyl (C=O) groups is 1. The van der Waals surface area contributed by atoms with Crippen LogP contribution < -0.4 is 10.1 Å². The number of rotatable bonds is 7. The van der Waals surface area contributed by atoms with Gasteiger partial charge in [-0.25, -0.2) is 4.68 Å². The highest BCUT2D eigenvalue weighted by molar-refractivity contribution is 7.99. The van der Waals surface area contributed by atoms with Crippen LogP contribution in [0.25, 0.3) is 0 Å². The molecule has 0 amide bonds. The van der Waals surface area contributed by atoms with Crippen LogP contribution in [0.1, 0.15) is 45.7 Å². The number of ether oxygens (including phenoxy) is 1. The number of benzene rings is 1. The predicted octanol–water partition coefficient (Wildman–Crippen LogP) is 4.06. The maximum atomic E-state index is 12.4. The molecule has 6 nitrogen and oxygen atoms in total. The summed E-state index contributed by atoms with van der Waals surface area (Å²) in [6.45, 7) is 8.13. The van der Waals surface area contributed by atoms with Gasteiger partial charge in [0.2, 0.25) is 11.1 Å². The number of Topliss-reactive ketones (excluding diaryl/α,β-unsaturated/α-hetero) is 1. The van der Waals surface area contributed by atoms with Crippen molar-refractivity contribution in [3.05, 3.63) is 41.1 Å². The Bertz CT molecular complexity index is 844. The summed E-state index contributed by atoms with van der Waals surface area (Å²) >= 11 is 1.62. The van der Waals surface area contributed by atoms with Gasteiger partial charge < -0.3 is 10.1 Å². The van der Waals surface area contributed by atoms with Crippen LogP contribution in [0.15, 0.2) is 40.7 Å². The number of anilines is 1. The van der Waals surface area contributed by atoms with Crippen molar-refractivity contribution in [3.8, 4) is 5.75 Å². The maximum Gasteiger partial charge on any atom is 0.227 e. The summed E-state index contributed by atoms with van der Waals surface area (Å²) in [5.74, 6) is 2.38. The van der Waals surface area contributed by atoms with Crippen molar-refractivity contribution in [3.63, 3.8) is 0 Å². The molecule has 1 N–H and O–H groups in total. The van der Waals surface area contributed by atoms with Gasteiger partial charge in [0.05, 0.1) is 6.61 Å². The van der Waals surface area contributed by atoms with E-state index in [1.807, 2.05) is 38.1 Å². The van der Waals surface area contributed by atoms with Crippen LogP contribution in [0.4, 0.5) is 5.95 Å². The molecule has 0 aliphatic carbocycles. The summed E-state index contributed by atoms with van der Waals surface area (Å²) in [6.07, 6.45) is 1.05. The molecule has 1 aromatic heterocycles. The molecular formula is C19H24N4O2S. The summed E-state index contributed by atoms with van der Waals surface area (Å²) < 4.78 is 7.62. The van der Waals surface area contributed by atoms with Gasteiger partial charge in [-0.05, 0) is 33.3 Å². The molecule has 0 fully saturated rings. The first-order valence-electron chi connectivity index (χ1n) is 8.86. The van der Waals surface area contributed by atoms with E-state index in [9.17, 15) is 4.79 Å². The van der Waals surface area contributed by atoms with E-state index < -0.39 is 0 Å². The number of hydrogen-bond acceptors (Lipinski definition) is 6. The molecule has 0 radical (unpaired) electrons. The van der Waals surface area contributed by atoms with Gasteiger partial charge in [0, 0.05) is 22.6 Å². The second-order valence-electron chi connectivity index (χ2n) is 6.10. The number of nitrogens with one attached hydrogen (secondary N) is 1. The Morgan fingerprint density at radius 3 is 2.81 bits per heavy atom. The molecule has 26 heavy (non-hydrogen) atoms. The normalized spacial score (nSPS) is 16.2. The first kappa shape index (κ1) is 18.5. The first-order valence-corrected chi connectivity index (χ1v) is 9.85. The Kier molecular flexibility index (Phi) is 5.66.